The van der Waals surface area contributed by atoms with Gasteiger partial charge >= 0.3 is 0 Å². The van der Waals surface area contributed by atoms with Crippen LogP contribution in [0.1, 0.15) is 0 Å². The highest BCUT2D eigenvalue weighted by atomic mass is 16.1. The summed E-state index contributed by atoms with van der Waals surface area (Å²) in [7, 11) is 0. The summed E-state index contributed by atoms with van der Waals surface area (Å²) in [6.45, 7) is 4.53. The van der Waals surface area contributed by atoms with E-state index >= 15 is 0 Å². The Kier molecular flexibility index (Phi) is 1.93. The number of allylic oxidation sites excluding steroid dienone is 1. The van der Waals surface area contributed by atoms with Gasteiger partial charge in [0.15, 0.2) is 6.08 Å². The molecule has 0 aromatic carbocycles. The molecule has 0 fully saturated rings. The van der Waals surface area contributed by atoms with Crippen LogP contribution in [-0.2, 0) is 4.79 Å². The first-order chi connectivity index (χ1) is 1.91. The highest BCUT2D eigenvalue weighted by Crippen LogP contribution is 1.34. The Bertz CT molecular complexity index is 24.3. The van der Waals surface area contributed by atoms with E-state index in [1.54, 1.807) is 0 Å². The molecule has 1 nitrogen and oxygen atoms in total. The van der Waals surface area contributed by atoms with Crippen LogP contribution in [-0.4, -0.2) is 6.29 Å². The van der Waals surface area contributed by atoms with Gasteiger partial charge in [0.25, 0.3) is 6.29 Å². The fourth-order valence-electron chi connectivity index (χ4n) is 0. The standard InChI is InChI=1S/C3H3O/c1-2-3-4/h1-3H/q+1. The highest BCUT2D eigenvalue weighted by Gasteiger charge is 1.55. The van der Waals surface area contributed by atoms with E-state index in [-0.39, 0.29) is 0 Å². The molecule has 0 spiro atoms. The van der Waals surface area contributed by atoms with Crippen LogP contribution in [0.5, 0.6) is 0 Å². The minimum absolute atomic E-state index is 0.528. The molecule has 0 unspecified atom stereocenters. The molecule has 0 radical (unpaired) electrons. The lowest BCUT2D eigenvalue weighted by Crippen LogP contribution is -1.45. The van der Waals surface area contributed by atoms with Gasteiger partial charge in [-0.05, 0) is 0 Å². The van der Waals surface area contributed by atoms with Gasteiger partial charge in [0.05, 0.1) is 6.58 Å². The molecule has 0 saturated carbocycles. The van der Waals surface area contributed by atoms with E-state index in [9.17, 15) is 0 Å². The first-order valence-corrected chi connectivity index (χ1v) is 0.902. The third-order valence-corrected chi connectivity index (χ3v) is 0.0786. The van der Waals surface area contributed by atoms with Crippen molar-refractivity contribution in [2.24, 2.45) is 0 Å². The van der Waals surface area contributed by atoms with Crippen LogP contribution in [0.3, 0.4) is 0 Å². The van der Waals surface area contributed by atoms with Crippen LogP contribution in [0.15, 0.2) is 6.08 Å². The third kappa shape index (κ3) is 1.32. The van der Waals surface area contributed by atoms with Crippen LogP contribution in [0.2, 0.25) is 0 Å². The van der Waals surface area contributed by atoms with Crippen LogP contribution >= 0.6 is 0 Å². The van der Waals surface area contributed by atoms with Gasteiger partial charge in [-0.2, -0.15) is 4.79 Å². The molecule has 0 rings (SSSR count). The van der Waals surface area contributed by atoms with Crippen LogP contribution in [0.4, 0.5) is 0 Å². The lowest BCUT2D eigenvalue weighted by Gasteiger charge is -1.20. The Morgan fingerprint density at radius 1 is 1.75 bits per heavy atom. The second-order valence-corrected chi connectivity index (χ2v) is 0.329. The van der Waals surface area contributed by atoms with Gasteiger partial charge in [0, 0.05) is 0 Å². The van der Waals surface area contributed by atoms with E-state index < -0.39 is 0 Å². The monoisotopic (exact) mass is 55.0 g/mol. The molecule has 0 saturated heterocycles. The van der Waals surface area contributed by atoms with Gasteiger partial charge in [0.1, 0.15) is 0 Å². The molecule has 0 N–H and O–H groups in total. The molecule has 4 heavy (non-hydrogen) atoms. The van der Waals surface area contributed by atoms with Gasteiger partial charge in [-0.25, -0.2) is 0 Å². The predicted molar refractivity (Wildman–Crippen MR) is 14.9 cm³/mol. The zero-order chi connectivity index (χ0) is 3.41. The van der Waals surface area contributed by atoms with Gasteiger partial charge in [-0.15, -0.1) is 0 Å². The van der Waals surface area contributed by atoms with Gasteiger partial charge < -0.3 is 0 Å². The molecule has 0 bridgehead atoms. The fourth-order valence-corrected chi connectivity index (χ4v) is 0. The van der Waals surface area contributed by atoms with Crippen molar-refractivity contribution in [1.29, 1.82) is 0 Å². The van der Waals surface area contributed by atoms with Crippen molar-refractivity contribution in [3.63, 3.8) is 0 Å². The van der Waals surface area contributed by atoms with Crippen LogP contribution in [0, 0.1) is 6.58 Å². The van der Waals surface area contributed by atoms with Crippen molar-refractivity contribution in [2.45, 2.75) is 0 Å². The maximum absolute atomic E-state index is 8.99. The van der Waals surface area contributed by atoms with E-state index in [1.165, 1.54) is 0 Å². The molecule has 1 heteroatoms. The topological polar surface area (TPSA) is 17.1 Å². The summed E-state index contributed by atoms with van der Waals surface area (Å²) in [4.78, 5) is 8.99. The van der Waals surface area contributed by atoms with E-state index in [0.29, 0.717) is 6.29 Å². The number of carbonyl (C=O) groups is 1. The summed E-state index contributed by atoms with van der Waals surface area (Å²) in [5, 5.41) is 0. The summed E-state index contributed by atoms with van der Waals surface area (Å²) in [5.41, 5.74) is 0. The molecule has 0 amide bonds. The summed E-state index contributed by atoms with van der Waals surface area (Å²) >= 11 is 0. The Balaban J connectivity index is 2.73. The summed E-state index contributed by atoms with van der Waals surface area (Å²) in [6, 6.07) is 0. The lowest BCUT2D eigenvalue weighted by atomic mass is 10.8. The average molecular weight is 55.1 g/mol. The number of carbonyl (C=O) groups excluding carboxylic acids is 1. The number of hydrogen-bond donors (Lipinski definition) is 0. The van der Waals surface area contributed by atoms with Crippen molar-refractivity contribution in [3.05, 3.63) is 12.7 Å². The first kappa shape index (κ1) is 3.32. The Morgan fingerprint density at radius 2 is 2.00 bits per heavy atom. The molecule has 0 atom stereocenters. The zero-order valence-electron chi connectivity index (χ0n) is 2.14. The first-order valence-electron chi connectivity index (χ1n) is 0.902. The van der Waals surface area contributed by atoms with Crippen molar-refractivity contribution < 1.29 is 4.79 Å². The minimum Gasteiger partial charge on any atom is -0.180 e. The van der Waals surface area contributed by atoms with E-state index in [4.69, 9.17) is 4.79 Å². The number of aldehydes is 1. The van der Waals surface area contributed by atoms with Gasteiger partial charge in [0.2, 0.25) is 0 Å². The molecule has 0 aromatic heterocycles. The maximum Gasteiger partial charge on any atom is 0.288 e. The molecular formula is C3H3O+. The summed E-state index contributed by atoms with van der Waals surface area (Å²) in [6.07, 6.45) is 1.47. The minimum atomic E-state index is 0.528. The van der Waals surface area contributed by atoms with E-state index in [1.807, 2.05) is 0 Å². The van der Waals surface area contributed by atoms with Crippen molar-refractivity contribution in [3.8, 4) is 0 Å². The van der Waals surface area contributed by atoms with Gasteiger partial charge in [-0.3, -0.25) is 0 Å². The van der Waals surface area contributed by atoms with Crippen molar-refractivity contribution >= 4 is 6.29 Å². The maximum atomic E-state index is 8.99. The molecule has 0 aliphatic carbocycles. The summed E-state index contributed by atoms with van der Waals surface area (Å²) in [5.74, 6) is 0. The fraction of sp³-hybridized carbons (Fsp3) is 0. The smallest absolute Gasteiger partial charge is 0.180 e. The Hall–Kier alpha value is -0.680. The third-order valence-electron chi connectivity index (χ3n) is 0.0786. The van der Waals surface area contributed by atoms with Crippen LogP contribution in [0.25, 0.3) is 0 Å². The zero-order valence-corrected chi connectivity index (χ0v) is 2.14. The largest absolute Gasteiger partial charge is 0.288 e. The quantitative estimate of drug-likeness (QED) is 0.237. The Labute approximate surface area is 24.9 Å². The molecular weight excluding hydrogens is 52.0 g/mol. The lowest BCUT2D eigenvalue weighted by molar-refractivity contribution is -0.104. The molecule has 0 aliphatic heterocycles. The predicted octanol–water partition coefficient (Wildman–Crippen LogP) is 0.174. The van der Waals surface area contributed by atoms with Crippen LogP contribution < -0.4 is 0 Å². The van der Waals surface area contributed by atoms with Crippen molar-refractivity contribution in [2.75, 3.05) is 0 Å². The normalized spacial score (nSPS) is 4.75. The number of rotatable bonds is 1. The molecule has 0 aliphatic rings. The molecule has 0 heterocycles. The Morgan fingerprint density at radius 3 is 2.00 bits per heavy atom. The average Bonchev–Trinajstić information content (AvgIpc) is 1.37. The van der Waals surface area contributed by atoms with Crippen molar-refractivity contribution in [1.82, 2.24) is 0 Å². The highest BCUT2D eigenvalue weighted by molar-refractivity contribution is 5.62. The second kappa shape index (κ2) is 2.32. The van der Waals surface area contributed by atoms with E-state index in [2.05, 4.69) is 6.58 Å². The molecule has 0 aromatic rings. The van der Waals surface area contributed by atoms with E-state index in [0.717, 1.165) is 6.08 Å². The molecule has 20 valence electrons. The van der Waals surface area contributed by atoms with Gasteiger partial charge in [-0.1, -0.05) is 0 Å². The second-order valence-electron chi connectivity index (χ2n) is 0.329. The summed E-state index contributed by atoms with van der Waals surface area (Å²) < 4.78 is 0. The number of hydrogen-bond acceptors (Lipinski definition) is 1. The SMILES string of the molecule is [CH+]=CC=O.